The minimum absolute atomic E-state index is 0.967. The molecule has 1 saturated carbocycles. The Labute approximate surface area is 109 Å². The average Bonchev–Trinajstić information content (AvgIpc) is 2.37. The zero-order chi connectivity index (χ0) is 12.5. The molecule has 1 aliphatic rings. The van der Waals surface area contributed by atoms with Crippen molar-refractivity contribution < 1.29 is 0 Å². The highest BCUT2D eigenvalue weighted by atomic mass is 14.8. The average molecular weight is 239 g/mol. The molecule has 1 aliphatic carbocycles. The van der Waals surface area contributed by atoms with Crippen LogP contribution in [-0.4, -0.2) is 13.1 Å². The number of hydrogen-bond donors (Lipinski definition) is 1. The molecule has 0 spiro atoms. The summed E-state index contributed by atoms with van der Waals surface area (Å²) in [6, 6.07) is 0. The van der Waals surface area contributed by atoms with Crippen molar-refractivity contribution in [3.8, 4) is 0 Å². The fourth-order valence-corrected chi connectivity index (χ4v) is 3.40. The summed E-state index contributed by atoms with van der Waals surface area (Å²) in [6.45, 7) is 9.31. The Hall–Kier alpha value is -0.0400. The van der Waals surface area contributed by atoms with Crippen molar-refractivity contribution in [1.82, 2.24) is 5.32 Å². The van der Waals surface area contributed by atoms with Crippen LogP contribution in [0.3, 0.4) is 0 Å². The lowest BCUT2D eigenvalue weighted by Crippen LogP contribution is -2.33. The molecule has 0 heterocycles. The van der Waals surface area contributed by atoms with Gasteiger partial charge < -0.3 is 5.32 Å². The van der Waals surface area contributed by atoms with E-state index in [4.69, 9.17) is 0 Å². The van der Waals surface area contributed by atoms with Crippen LogP contribution in [0.15, 0.2) is 0 Å². The highest BCUT2D eigenvalue weighted by Gasteiger charge is 2.28. The first-order valence-electron chi connectivity index (χ1n) is 8.02. The maximum Gasteiger partial charge on any atom is -0.00180 e. The van der Waals surface area contributed by atoms with Crippen LogP contribution in [0.1, 0.15) is 72.1 Å². The Bertz CT molecular complexity index is 178. The fraction of sp³-hybridized carbons (Fsp3) is 1.00. The molecule has 0 radical (unpaired) electrons. The van der Waals surface area contributed by atoms with E-state index in [0.717, 1.165) is 24.3 Å². The van der Waals surface area contributed by atoms with Crippen LogP contribution in [-0.2, 0) is 0 Å². The summed E-state index contributed by atoms with van der Waals surface area (Å²) < 4.78 is 0. The first-order chi connectivity index (χ1) is 8.31. The molecule has 1 fully saturated rings. The summed E-state index contributed by atoms with van der Waals surface area (Å²) in [5.41, 5.74) is 0. The van der Waals surface area contributed by atoms with E-state index in [1.807, 2.05) is 0 Å². The van der Waals surface area contributed by atoms with Crippen LogP contribution in [0, 0.1) is 17.8 Å². The largest absolute Gasteiger partial charge is 0.317 e. The normalized spacial score (nSPS) is 29.5. The molecule has 1 rings (SSSR count). The van der Waals surface area contributed by atoms with Crippen LogP contribution in [0.25, 0.3) is 0 Å². The van der Waals surface area contributed by atoms with Gasteiger partial charge in [0.05, 0.1) is 0 Å². The highest BCUT2D eigenvalue weighted by Crippen LogP contribution is 2.37. The van der Waals surface area contributed by atoms with Gasteiger partial charge in [-0.3, -0.25) is 0 Å². The quantitative estimate of drug-likeness (QED) is 0.610. The second-order valence-electron chi connectivity index (χ2n) is 5.91. The van der Waals surface area contributed by atoms with Gasteiger partial charge in [-0.25, -0.2) is 0 Å². The van der Waals surface area contributed by atoms with Crippen molar-refractivity contribution >= 4 is 0 Å². The van der Waals surface area contributed by atoms with Crippen LogP contribution < -0.4 is 5.32 Å². The molecule has 17 heavy (non-hydrogen) atoms. The predicted molar refractivity (Wildman–Crippen MR) is 77.3 cm³/mol. The summed E-state index contributed by atoms with van der Waals surface area (Å²) in [7, 11) is 0. The second-order valence-corrected chi connectivity index (χ2v) is 5.91. The van der Waals surface area contributed by atoms with E-state index in [-0.39, 0.29) is 0 Å². The Morgan fingerprint density at radius 1 is 1.00 bits per heavy atom. The fourth-order valence-electron chi connectivity index (χ4n) is 3.40. The minimum atomic E-state index is 0.967. The Morgan fingerprint density at radius 3 is 2.47 bits per heavy atom. The third-order valence-corrected chi connectivity index (χ3v) is 4.66. The third-order valence-electron chi connectivity index (χ3n) is 4.66. The van der Waals surface area contributed by atoms with Gasteiger partial charge in [0.25, 0.3) is 0 Å². The summed E-state index contributed by atoms with van der Waals surface area (Å²) in [5.74, 6) is 3.01. The first-order valence-corrected chi connectivity index (χ1v) is 8.02. The Morgan fingerprint density at radius 2 is 1.82 bits per heavy atom. The zero-order valence-electron chi connectivity index (χ0n) is 12.3. The summed E-state index contributed by atoms with van der Waals surface area (Å²) in [5, 5.41) is 3.57. The van der Waals surface area contributed by atoms with Gasteiger partial charge in [0.15, 0.2) is 0 Å². The van der Waals surface area contributed by atoms with Gasteiger partial charge in [0, 0.05) is 0 Å². The molecule has 0 aliphatic heterocycles. The molecule has 1 nitrogen and oxygen atoms in total. The maximum absolute atomic E-state index is 3.57. The monoisotopic (exact) mass is 239 g/mol. The number of unbranched alkanes of at least 4 members (excludes halogenated alkanes) is 2. The molecule has 3 atom stereocenters. The lowest BCUT2D eigenvalue weighted by Gasteiger charge is -2.36. The summed E-state index contributed by atoms with van der Waals surface area (Å²) >= 11 is 0. The topological polar surface area (TPSA) is 12.0 Å². The minimum Gasteiger partial charge on any atom is -0.317 e. The number of hydrogen-bond acceptors (Lipinski definition) is 1. The standard InChI is InChI=1S/C16H33N/c1-4-7-8-9-15-12-14(5-2)10-11-16(15)13-17-6-3/h14-17H,4-13H2,1-3H3. The Balaban J connectivity index is 2.37. The van der Waals surface area contributed by atoms with Gasteiger partial charge >= 0.3 is 0 Å². The van der Waals surface area contributed by atoms with Crippen LogP contribution in [0.5, 0.6) is 0 Å². The van der Waals surface area contributed by atoms with E-state index < -0.39 is 0 Å². The van der Waals surface area contributed by atoms with Gasteiger partial charge in [-0.15, -0.1) is 0 Å². The second kappa shape index (κ2) is 8.97. The SMILES string of the molecule is CCCCCC1CC(CC)CCC1CNCC. The maximum atomic E-state index is 3.57. The van der Waals surface area contributed by atoms with Crippen molar-refractivity contribution in [1.29, 1.82) is 0 Å². The lowest BCUT2D eigenvalue weighted by atomic mass is 9.71. The molecule has 0 amide bonds. The molecule has 102 valence electrons. The molecule has 0 aromatic heterocycles. The molecule has 1 heteroatoms. The van der Waals surface area contributed by atoms with E-state index in [1.165, 1.54) is 57.9 Å². The highest BCUT2D eigenvalue weighted by molar-refractivity contribution is 4.81. The van der Waals surface area contributed by atoms with Gasteiger partial charge in [-0.2, -0.15) is 0 Å². The van der Waals surface area contributed by atoms with Crippen molar-refractivity contribution in [3.05, 3.63) is 0 Å². The van der Waals surface area contributed by atoms with E-state index in [1.54, 1.807) is 0 Å². The Kier molecular flexibility index (Phi) is 7.92. The molecular formula is C16H33N. The van der Waals surface area contributed by atoms with Gasteiger partial charge in [-0.05, 0) is 43.7 Å². The molecule has 0 aromatic rings. The van der Waals surface area contributed by atoms with E-state index in [0.29, 0.717) is 0 Å². The number of rotatable bonds is 8. The van der Waals surface area contributed by atoms with Crippen molar-refractivity contribution in [3.63, 3.8) is 0 Å². The van der Waals surface area contributed by atoms with Gasteiger partial charge in [0.2, 0.25) is 0 Å². The van der Waals surface area contributed by atoms with Crippen LogP contribution in [0.4, 0.5) is 0 Å². The number of nitrogens with one attached hydrogen (secondary N) is 1. The van der Waals surface area contributed by atoms with Crippen molar-refractivity contribution in [2.75, 3.05) is 13.1 Å². The molecular weight excluding hydrogens is 206 g/mol. The summed E-state index contributed by atoms with van der Waals surface area (Å²) in [6.07, 6.45) is 11.6. The van der Waals surface area contributed by atoms with Crippen LogP contribution in [0.2, 0.25) is 0 Å². The molecule has 0 saturated heterocycles. The zero-order valence-corrected chi connectivity index (χ0v) is 12.3. The van der Waals surface area contributed by atoms with E-state index in [2.05, 4.69) is 26.1 Å². The molecule has 0 bridgehead atoms. The lowest BCUT2D eigenvalue weighted by molar-refractivity contribution is 0.160. The molecule has 1 N–H and O–H groups in total. The smallest absolute Gasteiger partial charge is 0.00180 e. The van der Waals surface area contributed by atoms with Crippen molar-refractivity contribution in [2.24, 2.45) is 17.8 Å². The van der Waals surface area contributed by atoms with Crippen molar-refractivity contribution in [2.45, 2.75) is 72.1 Å². The third kappa shape index (κ3) is 5.42. The predicted octanol–water partition coefficient (Wildman–Crippen LogP) is 4.62. The van der Waals surface area contributed by atoms with Crippen LogP contribution >= 0.6 is 0 Å². The van der Waals surface area contributed by atoms with Gasteiger partial charge in [0.1, 0.15) is 0 Å². The van der Waals surface area contributed by atoms with E-state index in [9.17, 15) is 0 Å². The summed E-state index contributed by atoms with van der Waals surface area (Å²) in [4.78, 5) is 0. The van der Waals surface area contributed by atoms with E-state index >= 15 is 0 Å². The molecule has 0 aromatic carbocycles. The molecule has 3 unspecified atom stereocenters. The van der Waals surface area contributed by atoms with Gasteiger partial charge in [-0.1, -0.05) is 59.3 Å². The first kappa shape index (κ1) is 15.0.